The molecule has 2 aromatic carbocycles. The zero-order chi connectivity index (χ0) is 24.7. The maximum atomic E-state index is 13.4. The van der Waals surface area contributed by atoms with E-state index in [0.29, 0.717) is 12.3 Å². The number of nitrogens with one attached hydrogen (secondary N) is 1. The van der Waals surface area contributed by atoms with E-state index in [4.69, 9.17) is 4.74 Å². The molecule has 1 aliphatic carbocycles. The molecule has 5 heteroatoms. The molecule has 34 heavy (non-hydrogen) atoms. The Hall–Kier alpha value is -2.82. The number of amides is 2. The molecule has 0 radical (unpaired) electrons. The molecule has 1 N–H and O–H groups in total. The number of carbonyl (C=O) groups is 2. The summed E-state index contributed by atoms with van der Waals surface area (Å²) in [5.74, 6) is 0.415. The van der Waals surface area contributed by atoms with Crippen LogP contribution in [0.4, 0.5) is 0 Å². The van der Waals surface area contributed by atoms with Crippen molar-refractivity contribution in [1.29, 1.82) is 0 Å². The van der Waals surface area contributed by atoms with E-state index >= 15 is 0 Å². The van der Waals surface area contributed by atoms with Gasteiger partial charge >= 0.3 is 0 Å². The smallest absolute Gasteiger partial charge is 0.261 e. The Morgan fingerprint density at radius 3 is 2.44 bits per heavy atom. The average Bonchev–Trinajstić information content (AvgIpc) is 2.81. The number of aryl methyl sites for hydroxylation is 1. The summed E-state index contributed by atoms with van der Waals surface area (Å²) in [5, 5.41) is 3.18. The van der Waals surface area contributed by atoms with E-state index < -0.39 is 6.04 Å². The van der Waals surface area contributed by atoms with Gasteiger partial charge in [0, 0.05) is 12.6 Å². The largest absolute Gasteiger partial charge is 0.483 e. The van der Waals surface area contributed by atoms with Crippen molar-refractivity contribution in [2.45, 2.75) is 90.8 Å². The maximum absolute atomic E-state index is 13.4. The molecule has 0 bridgehead atoms. The second-order valence-electron chi connectivity index (χ2n) is 10.6. The molecule has 0 aromatic heterocycles. The Balaban J connectivity index is 1.76. The van der Waals surface area contributed by atoms with Crippen LogP contribution in [0, 0.1) is 6.92 Å². The van der Waals surface area contributed by atoms with Crippen LogP contribution < -0.4 is 10.1 Å². The van der Waals surface area contributed by atoms with Gasteiger partial charge in [-0.25, -0.2) is 0 Å². The highest BCUT2D eigenvalue weighted by molar-refractivity contribution is 5.88. The SMILES string of the molecule is Cc1cccc(CN(C(=O)COc2ccccc2C(C)(C)C)C(C)C(=O)NC2CCCCC2)c1. The van der Waals surface area contributed by atoms with Crippen molar-refractivity contribution in [3.8, 4) is 5.75 Å². The van der Waals surface area contributed by atoms with E-state index in [1.807, 2.05) is 56.3 Å². The topological polar surface area (TPSA) is 58.6 Å². The van der Waals surface area contributed by atoms with Crippen molar-refractivity contribution in [2.24, 2.45) is 0 Å². The van der Waals surface area contributed by atoms with Crippen LogP contribution in [-0.4, -0.2) is 35.4 Å². The highest BCUT2D eigenvalue weighted by Gasteiger charge is 2.29. The lowest BCUT2D eigenvalue weighted by atomic mass is 9.86. The first-order chi connectivity index (χ1) is 16.1. The lowest BCUT2D eigenvalue weighted by Crippen LogP contribution is -2.51. The second kappa shape index (κ2) is 11.5. The number of benzene rings is 2. The van der Waals surface area contributed by atoms with Gasteiger partial charge in [-0.1, -0.05) is 88.1 Å². The molecule has 184 valence electrons. The standard InChI is InChI=1S/C29H40N2O3/c1-21-12-11-13-23(18-21)19-31(22(2)28(33)30-24-14-7-6-8-15-24)27(32)20-34-26-17-10-9-16-25(26)29(3,4)5/h9-13,16-18,22,24H,6-8,14-15,19-20H2,1-5H3,(H,30,33). The van der Waals surface area contributed by atoms with Gasteiger partial charge in [0.15, 0.2) is 6.61 Å². The molecular formula is C29H40N2O3. The Morgan fingerprint density at radius 1 is 1.06 bits per heavy atom. The summed E-state index contributed by atoms with van der Waals surface area (Å²) in [6, 6.07) is 15.5. The van der Waals surface area contributed by atoms with Crippen molar-refractivity contribution in [1.82, 2.24) is 10.2 Å². The number of rotatable bonds is 8. The summed E-state index contributed by atoms with van der Waals surface area (Å²) in [4.78, 5) is 28.2. The summed E-state index contributed by atoms with van der Waals surface area (Å²) in [6.45, 7) is 10.5. The van der Waals surface area contributed by atoms with Crippen LogP contribution in [0.1, 0.15) is 76.5 Å². The molecule has 1 unspecified atom stereocenters. The first-order valence-corrected chi connectivity index (χ1v) is 12.5. The summed E-state index contributed by atoms with van der Waals surface area (Å²) in [5.41, 5.74) is 3.07. The van der Waals surface area contributed by atoms with E-state index in [9.17, 15) is 9.59 Å². The van der Waals surface area contributed by atoms with Crippen molar-refractivity contribution in [3.63, 3.8) is 0 Å². The van der Waals surface area contributed by atoms with Crippen LogP contribution in [-0.2, 0) is 21.5 Å². The predicted molar refractivity (Wildman–Crippen MR) is 137 cm³/mol. The molecule has 0 aliphatic heterocycles. The van der Waals surface area contributed by atoms with Gasteiger partial charge in [-0.3, -0.25) is 9.59 Å². The summed E-state index contributed by atoms with van der Waals surface area (Å²) < 4.78 is 6.02. The van der Waals surface area contributed by atoms with Gasteiger partial charge in [0.25, 0.3) is 5.91 Å². The van der Waals surface area contributed by atoms with Crippen molar-refractivity contribution >= 4 is 11.8 Å². The third kappa shape index (κ3) is 7.09. The fraction of sp³-hybridized carbons (Fsp3) is 0.517. The van der Waals surface area contributed by atoms with Gasteiger partial charge in [0.1, 0.15) is 11.8 Å². The summed E-state index contributed by atoms with van der Waals surface area (Å²) >= 11 is 0. The van der Waals surface area contributed by atoms with Crippen LogP contribution in [0.5, 0.6) is 5.75 Å². The van der Waals surface area contributed by atoms with E-state index in [2.05, 4.69) is 32.2 Å². The van der Waals surface area contributed by atoms with Crippen LogP contribution in [0.25, 0.3) is 0 Å². The number of hydrogen-bond acceptors (Lipinski definition) is 3. The first-order valence-electron chi connectivity index (χ1n) is 12.5. The van der Waals surface area contributed by atoms with Gasteiger partial charge in [0.05, 0.1) is 0 Å². The minimum absolute atomic E-state index is 0.0944. The van der Waals surface area contributed by atoms with Gasteiger partial charge in [-0.15, -0.1) is 0 Å². The van der Waals surface area contributed by atoms with E-state index in [-0.39, 0.29) is 29.9 Å². The molecule has 0 saturated heterocycles. The minimum Gasteiger partial charge on any atom is -0.483 e. The molecule has 1 aliphatic rings. The van der Waals surface area contributed by atoms with E-state index in [1.165, 1.54) is 6.42 Å². The molecule has 1 atom stereocenters. The van der Waals surface area contributed by atoms with E-state index in [1.54, 1.807) is 4.90 Å². The molecule has 1 fully saturated rings. The highest BCUT2D eigenvalue weighted by Crippen LogP contribution is 2.31. The maximum Gasteiger partial charge on any atom is 0.261 e. The number of para-hydroxylation sites is 1. The van der Waals surface area contributed by atoms with Crippen LogP contribution in [0.15, 0.2) is 48.5 Å². The van der Waals surface area contributed by atoms with Crippen LogP contribution in [0.2, 0.25) is 0 Å². The average molecular weight is 465 g/mol. The third-order valence-corrected chi connectivity index (χ3v) is 6.60. The Morgan fingerprint density at radius 2 is 1.76 bits per heavy atom. The van der Waals surface area contributed by atoms with Gasteiger partial charge in [-0.2, -0.15) is 0 Å². The third-order valence-electron chi connectivity index (χ3n) is 6.60. The van der Waals surface area contributed by atoms with Crippen molar-refractivity contribution in [3.05, 3.63) is 65.2 Å². The van der Waals surface area contributed by atoms with Gasteiger partial charge < -0.3 is 15.0 Å². The fourth-order valence-corrected chi connectivity index (χ4v) is 4.59. The Labute approximate surface area is 204 Å². The number of hydrogen-bond donors (Lipinski definition) is 1. The van der Waals surface area contributed by atoms with Crippen LogP contribution >= 0.6 is 0 Å². The normalized spacial score (nSPS) is 15.4. The lowest BCUT2D eigenvalue weighted by Gasteiger charge is -2.31. The molecule has 2 amide bonds. The van der Waals surface area contributed by atoms with Gasteiger partial charge in [0.2, 0.25) is 5.91 Å². The zero-order valence-corrected chi connectivity index (χ0v) is 21.4. The zero-order valence-electron chi connectivity index (χ0n) is 21.4. The van der Waals surface area contributed by atoms with Crippen molar-refractivity contribution < 1.29 is 14.3 Å². The molecular weight excluding hydrogens is 424 g/mol. The van der Waals surface area contributed by atoms with Gasteiger partial charge in [-0.05, 0) is 49.3 Å². The Bertz CT molecular complexity index is 973. The molecule has 1 saturated carbocycles. The molecule has 3 rings (SSSR count). The molecule has 2 aromatic rings. The lowest BCUT2D eigenvalue weighted by molar-refractivity contribution is -0.142. The van der Waals surface area contributed by atoms with E-state index in [0.717, 1.165) is 42.4 Å². The summed E-state index contributed by atoms with van der Waals surface area (Å²) in [7, 11) is 0. The highest BCUT2D eigenvalue weighted by atomic mass is 16.5. The number of ether oxygens (including phenoxy) is 1. The Kier molecular flexibility index (Phi) is 8.76. The fourth-order valence-electron chi connectivity index (χ4n) is 4.59. The van der Waals surface area contributed by atoms with Crippen LogP contribution in [0.3, 0.4) is 0 Å². The molecule has 5 nitrogen and oxygen atoms in total. The number of nitrogens with zero attached hydrogens (tertiary/aromatic N) is 1. The molecule has 0 heterocycles. The van der Waals surface area contributed by atoms with Crippen molar-refractivity contribution in [2.75, 3.05) is 6.61 Å². The minimum atomic E-state index is -0.587. The summed E-state index contributed by atoms with van der Waals surface area (Å²) in [6.07, 6.45) is 5.54. The quantitative estimate of drug-likeness (QED) is 0.558. The monoisotopic (exact) mass is 464 g/mol. The second-order valence-corrected chi connectivity index (χ2v) is 10.6. The number of carbonyl (C=O) groups excluding carboxylic acids is 2. The molecule has 0 spiro atoms. The predicted octanol–water partition coefficient (Wildman–Crippen LogP) is 5.54. The first kappa shape index (κ1) is 25.8.